The molecule has 0 radical (unpaired) electrons. The van der Waals surface area contributed by atoms with E-state index in [1.54, 1.807) is 48.5 Å². The number of aliphatic hydroxyl groups is 1. The minimum Gasteiger partial charge on any atom is -0.478 e. The van der Waals surface area contributed by atoms with Crippen LogP contribution in [0.3, 0.4) is 0 Å². The van der Waals surface area contributed by atoms with Gasteiger partial charge in [-0.25, -0.2) is 13.2 Å². The lowest BCUT2D eigenvalue weighted by atomic mass is 10.1. The van der Waals surface area contributed by atoms with E-state index in [4.69, 9.17) is 16.7 Å². The molecule has 0 spiro atoms. The number of halogens is 1. The Bertz CT molecular complexity index is 1160. The number of aromatic carboxylic acids is 1. The van der Waals surface area contributed by atoms with Crippen LogP contribution in [-0.4, -0.2) is 37.2 Å². The van der Waals surface area contributed by atoms with Gasteiger partial charge in [-0.1, -0.05) is 35.9 Å². The van der Waals surface area contributed by atoms with Crippen molar-refractivity contribution in [2.45, 2.75) is 35.3 Å². The summed E-state index contributed by atoms with van der Waals surface area (Å²) in [5.74, 6) is -1.11. The molecule has 168 valence electrons. The Balaban J connectivity index is 1.59. The van der Waals surface area contributed by atoms with Crippen LogP contribution >= 0.6 is 11.6 Å². The average Bonchev–Trinajstić information content (AvgIpc) is 2.78. The first-order valence-corrected chi connectivity index (χ1v) is 11.9. The standard InChI is InChI=1S/C24H24ClNO5S/c1-16(26-15-23(27)18-4-8-20(25)9-5-18)14-17-2-10-21(11-3-17)32(30,31)22-12-6-19(7-13-22)24(28)29/h2-13,16,23,26-27H,14-15H2,1H3,(H,28,29)/t16?,23-/m1/s1. The molecule has 3 N–H and O–H groups in total. The van der Waals surface area contributed by atoms with E-state index in [0.717, 1.165) is 11.1 Å². The number of hydrogen-bond acceptors (Lipinski definition) is 5. The fourth-order valence-corrected chi connectivity index (χ4v) is 4.65. The molecule has 3 aromatic rings. The normalized spacial score (nSPS) is 13.5. The van der Waals surface area contributed by atoms with Crippen LogP contribution in [0.25, 0.3) is 0 Å². The molecule has 0 saturated carbocycles. The summed E-state index contributed by atoms with van der Waals surface area (Å²) in [5.41, 5.74) is 1.76. The minimum absolute atomic E-state index is 0.0296. The first kappa shape index (κ1) is 23.9. The molecule has 0 aromatic heterocycles. The molecule has 0 aliphatic rings. The number of benzene rings is 3. The molecule has 8 heteroatoms. The summed E-state index contributed by atoms with van der Waals surface area (Å²) in [6.45, 7) is 2.37. The quantitative estimate of drug-likeness (QED) is 0.432. The zero-order valence-electron chi connectivity index (χ0n) is 17.4. The van der Waals surface area contributed by atoms with Crippen molar-refractivity contribution in [3.63, 3.8) is 0 Å². The van der Waals surface area contributed by atoms with E-state index in [2.05, 4.69) is 5.32 Å². The van der Waals surface area contributed by atoms with Gasteiger partial charge in [0.2, 0.25) is 9.84 Å². The number of rotatable bonds is 9. The molecule has 0 aliphatic carbocycles. The molecule has 1 unspecified atom stereocenters. The molecule has 3 aromatic carbocycles. The minimum atomic E-state index is -3.73. The van der Waals surface area contributed by atoms with E-state index in [1.807, 2.05) is 6.92 Å². The van der Waals surface area contributed by atoms with E-state index in [-0.39, 0.29) is 21.4 Å². The summed E-state index contributed by atoms with van der Waals surface area (Å²) in [6.07, 6.45) is -0.00389. The first-order valence-electron chi connectivity index (χ1n) is 10.0. The van der Waals surface area contributed by atoms with Gasteiger partial charge in [-0.05, 0) is 73.0 Å². The van der Waals surface area contributed by atoms with E-state index < -0.39 is 21.9 Å². The maximum atomic E-state index is 12.8. The summed E-state index contributed by atoms with van der Waals surface area (Å²) in [5, 5.41) is 23.2. The number of aliphatic hydroxyl groups excluding tert-OH is 1. The average molecular weight is 474 g/mol. The molecule has 32 heavy (non-hydrogen) atoms. The lowest BCUT2D eigenvalue weighted by Crippen LogP contribution is -2.32. The predicted molar refractivity (Wildman–Crippen MR) is 123 cm³/mol. The first-order chi connectivity index (χ1) is 15.2. The van der Waals surface area contributed by atoms with Crippen molar-refractivity contribution in [2.24, 2.45) is 0 Å². The molecular formula is C24H24ClNO5S. The highest BCUT2D eigenvalue weighted by atomic mass is 35.5. The largest absolute Gasteiger partial charge is 0.478 e. The zero-order chi connectivity index (χ0) is 23.3. The third-order valence-electron chi connectivity index (χ3n) is 5.10. The number of hydrogen-bond donors (Lipinski definition) is 3. The molecule has 6 nitrogen and oxygen atoms in total. The van der Waals surface area contributed by atoms with Gasteiger partial charge in [-0.2, -0.15) is 0 Å². The van der Waals surface area contributed by atoms with Crippen molar-refractivity contribution in [1.29, 1.82) is 0 Å². The second kappa shape index (κ2) is 10.3. The highest BCUT2D eigenvalue weighted by Gasteiger charge is 2.18. The summed E-state index contributed by atoms with van der Waals surface area (Å²) in [7, 11) is -3.73. The monoisotopic (exact) mass is 473 g/mol. The maximum Gasteiger partial charge on any atom is 0.335 e. The van der Waals surface area contributed by atoms with E-state index in [9.17, 15) is 18.3 Å². The van der Waals surface area contributed by atoms with Crippen molar-refractivity contribution < 1.29 is 23.4 Å². The molecule has 2 atom stereocenters. The van der Waals surface area contributed by atoms with Gasteiger partial charge in [-0.3, -0.25) is 0 Å². The Labute approximate surface area is 192 Å². The predicted octanol–water partition coefficient (Wildman–Crippen LogP) is 4.13. The fourth-order valence-electron chi connectivity index (χ4n) is 3.26. The molecule has 0 heterocycles. The van der Waals surface area contributed by atoms with Crippen LogP contribution in [-0.2, 0) is 16.3 Å². The van der Waals surface area contributed by atoms with Crippen LogP contribution in [0.15, 0.2) is 82.6 Å². The Kier molecular flexibility index (Phi) is 7.69. The summed E-state index contributed by atoms with van der Waals surface area (Å²) >= 11 is 5.87. The Morgan fingerprint density at radius 3 is 2.00 bits per heavy atom. The molecule has 3 rings (SSSR count). The Morgan fingerprint density at radius 1 is 0.938 bits per heavy atom. The number of carboxylic acid groups (broad SMARTS) is 1. The molecule has 0 saturated heterocycles. The highest BCUT2D eigenvalue weighted by molar-refractivity contribution is 7.91. The molecule has 0 bridgehead atoms. The molecule has 0 aliphatic heterocycles. The van der Waals surface area contributed by atoms with Gasteiger partial charge in [0, 0.05) is 17.6 Å². The van der Waals surface area contributed by atoms with Gasteiger partial charge in [-0.15, -0.1) is 0 Å². The van der Waals surface area contributed by atoms with Gasteiger partial charge in [0.05, 0.1) is 21.5 Å². The van der Waals surface area contributed by atoms with Gasteiger partial charge < -0.3 is 15.5 Å². The second-order valence-corrected chi connectivity index (χ2v) is 9.94. The van der Waals surface area contributed by atoms with E-state index >= 15 is 0 Å². The van der Waals surface area contributed by atoms with Crippen LogP contribution in [0.4, 0.5) is 0 Å². The van der Waals surface area contributed by atoms with E-state index in [0.29, 0.717) is 18.0 Å². The van der Waals surface area contributed by atoms with Crippen molar-refractivity contribution in [2.75, 3.05) is 6.54 Å². The van der Waals surface area contributed by atoms with Gasteiger partial charge >= 0.3 is 5.97 Å². The van der Waals surface area contributed by atoms with Crippen molar-refractivity contribution in [3.8, 4) is 0 Å². The maximum absolute atomic E-state index is 12.8. The smallest absolute Gasteiger partial charge is 0.335 e. The van der Waals surface area contributed by atoms with Crippen LogP contribution in [0.2, 0.25) is 5.02 Å². The van der Waals surface area contributed by atoms with E-state index in [1.165, 1.54) is 24.3 Å². The SMILES string of the molecule is CC(Cc1ccc(S(=O)(=O)c2ccc(C(=O)O)cc2)cc1)NC[C@@H](O)c1ccc(Cl)cc1. The lowest BCUT2D eigenvalue weighted by Gasteiger charge is -2.18. The number of carboxylic acids is 1. The lowest BCUT2D eigenvalue weighted by molar-refractivity contribution is 0.0696. The molecule has 0 amide bonds. The molecule has 0 fully saturated rings. The van der Waals surface area contributed by atoms with Crippen LogP contribution in [0, 0.1) is 0 Å². The van der Waals surface area contributed by atoms with Crippen molar-refractivity contribution >= 4 is 27.4 Å². The van der Waals surface area contributed by atoms with Gasteiger partial charge in [0.25, 0.3) is 0 Å². The van der Waals surface area contributed by atoms with Gasteiger partial charge in [0.15, 0.2) is 0 Å². The number of sulfone groups is 1. The van der Waals surface area contributed by atoms with Crippen LogP contribution in [0.5, 0.6) is 0 Å². The van der Waals surface area contributed by atoms with Crippen molar-refractivity contribution in [3.05, 3.63) is 94.5 Å². The third kappa shape index (κ3) is 5.95. The van der Waals surface area contributed by atoms with Crippen LogP contribution < -0.4 is 5.32 Å². The Morgan fingerprint density at radius 2 is 1.47 bits per heavy atom. The van der Waals surface area contributed by atoms with Crippen LogP contribution in [0.1, 0.15) is 34.5 Å². The summed E-state index contributed by atoms with van der Waals surface area (Å²) in [6, 6.07) is 18.8. The third-order valence-corrected chi connectivity index (χ3v) is 7.14. The number of carbonyl (C=O) groups is 1. The summed E-state index contributed by atoms with van der Waals surface area (Å²) < 4.78 is 25.6. The Hall–Kier alpha value is -2.71. The fraction of sp³-hybridized carbons (Fsp3) is 0.208. The van der Waals surface area contributed by atoms with Gasteiger partial charge in [0.1, 0.15) is 0 Å². The highest BCUT2D eigenvalue weighted by Crippen LogP contribution is 2.22. The number of nitrogens with one attached hydrogen (secondary N) is 1. The molecular weight excluding hydrogens is 450 g/mol. The van der Waals surface area contributed by atoms with Crippen molar-refractivity contribution in [1.82, 2.24) is 5.32 Å². The second-order valence-electron chi connectivity index (χ2n) is 7.56. The summed E-state index contributed by atoms with van der Waals surface area (Å²) in [4.78, 5) is 11.1. The topological polar surface area (TPSA) is 104 Å². The zero-order valence-corrected chi connectivity index (χ0v) is 19.0.